The molecular formula is C50H56F6N8O8. The average molecular weight is 1010 g/mol. The summed E-state index contributed by atoms with van der Waals surface area (Å²) in [6.07, 6.45) is -3.98. The third-order valence-corrected chi connectivity index (χ3v) is 11.4. The van der Waals surface area contributed by atoms with Gasteiger partial charge in [-0.05, 0) is 74.2 Å². The molecule has 0 bridgehead atoms. The molecule has 0 unspecified atom stereocenters. The van der Waals surface area contributed by atoms with Crippen LogP contribution in [0.2, 0.25) is 0 Å². The van der Waals surface area contributed by atoms with Crippen LogP contribution in [0.3, 0.4) is 0 Å². The number of unbranched alkanes of at least 4 members (excludes halogenated alkanes) is 6. The second-order valence-electron chi connectivity index (χ2n) is 17.1. The Morgan fingerprint density at radius 2 is 0.833 bits per heavy atom. The fraction of sp³-hybridized carbons (Fsp3) is 0.400. The highest BCUT2D eigenvalue weighted by molar-refractivity contribution is 6.09. The summed E-state index contributed by atoms with van der Waals surface area (Å²) < 4.78 is 86.0. The summed E-state index contributed by atoms with van der Waals surface area (Å²) in [5, 5.41) is 33.8. The van der Waals surface area contributed by atoms with Gasteiger partial charge in [0.2, 0.25) is 11.8 Å². The van der Waals surface area contributed by atoms with Gasteiger partial charge in [0.25, 0.3) is 0 Å². The lowest BCUT2D eigenvalue weighted by Gasteiger charge is -2.25. The summed E-state index contributed by atoms with van der Waals surface area (Å²) in [5.74, 6) is -3.93. The highest BCUT2D eigenvalue weighted by Crippen LogP contribution is 2.36. The second-order valence-corrected chi connectivity index (χ2v) is 17.1. The van der Waals surface area contributed by atoms with Crippen molar-refractivity contribution < 1.29 is 65.2 Å². The number of nitrogens with zero attached hydrogens (tertiary/aromatic N) is 4. The van der Waals surface area contributed by atoms with Crippen molar-refractivity contribution in [2.24, 2.45) is 0 Å². The van der Waals surface area contributed by atoms with Crippen molar-refractivity contribution in [3.05, 3.63) is 84.9 Å². The minimum Gasteiger partial charge on any atom is -0.480 e. The number of pyridine rings is 2. The zero-order chi connectivity index (χ0) is 51.7. The summed E-state index contributed by atoms with van der Waals surface area (Å²) in [6, 6.07) is 22.6. The monoisotopic (exact) mass is 1010 g/mol. The zero-order valence-corrected chi connectivity index (χ0v) is 39.2. The third kappa shape index (κ3) is 17.3. The predicted octanol–water partition coefficient (Wildman–Crippen LogP) is 8.54. The highest BCUT2D eigenvalue weighted by Gasteiger charge is 2.32. The number of aromatic nitrogens is 2. The van der Waals surface area contributed by atoms with E-state index in [0.717, 1.165) is 36.5 Å². The van der Waals surface area contributed by atoms with E-state index in [1.54, 1.807) is 0 Å². The first-order valence-corrected chi connectivity index (χ1v) is 23.5. The molecule has 4 aromatic carbocycles. The molecule has 2 aromatic heterocycles. The number of ether oxygens (including phenoxy) is 2. The molecule has 0 aliphatic heterocycles. The molecule has 6 aromatic rings. The molecule has 0 fully saturated rings. The zero-order valence-electron chi connectivity index (χ0n) is 39.2. The van der Waals surface area contributed by atoms with Gasteiger partial charge < -0.3 is 41.0 Å². The molecule has 6 rings (SSSR count). The van der Waals surface area contributed by atoms with E-state index < -0.39 is 49.6 Å². The van der Waals surface area contributed by atoms with Crippen molar-refractivity contribution in [3.8, 4) is 11.5 Å². The molecule has 22 heteroatoms. The van der Waals surface area contributed by atoms with Crippen LogP contribution in [0.25, 0.3) is 43.6 Å². The van der Waals surface area contributed by atoms with E-state index in [4.69, 9.17) is 0 Å². The molecule has 0 saturated heterocycles. The average Bonchev–Trinajstić information content (AvgIpc) is 3.30. The summed E-state index contributed by atoms with van der Waals surface area (Å²) in [6.45, 7) is 0.143. The Hall–Kier alpha value is -7.20. The molecule has 0 atom stereocenters. The van der Waals surface area contributed by atoms with E-state index in [9.17, 15) is 55.7 Å². The molecule has 0 saturated carbocycles. The molecule has 0 aliphatic rings. The number of benzene rings is 4. The van der Waals surface area contributed by atoms with Gasteiger partial charge in [0.1, 0.15) is 11.5 Å². The lowest BCUT2D eigenvalue weighted by molar-refractivity contribution is -0.275. The number of carboxylic acids is 2. The topological polar surface area (TPSA) is 208 Å². The summed E-state index contributed by atoms with van der Waals surface area (Å²) in [5.41, 5.74) is 3.66. The van der Waals surface area contributed by atoms with Gasteiger partial charge in [-0.2, -0.15) is 0 Å². The molecule has 16 nitrogen and oxygen atoms in total. The standard InChI is InChI=1S/C50H56F6N8O8/c51-49(52,53)71-33-17-19-41-37(27-33)47(35-13-5-7-15-39(35)61-41)59-23-11-3-1-9-21-57-43(65)29-63(31-45(67)68)25-26-64(32-46(69)70)30-44(66)58-22-10-2-4-12-24-60-48-36-14-6-8-16-40(36)62-42-20-18-34(28-38(42)48)72-50(54,55)56/h5-8,13-20,27-28H,1-4,9-12,21-26,29-32H2,(H,57,65)(H,58,66)(H,59,61)(H,60,62)(H,67,68)(H,69,70). The summed E-state index contributed by atoms with van der Waals surface area (Å²) in [7, 11) is 0. The number of carbonyl (C=O) groups excluding carboxylic acids is 2. The van der Waals surface area contributed by atoms with Crippen molar-refractivity contribution in [1.82, 2.24) is 30.4 Å². The molecule has 0 aliphatic carbocycles. The number of alkyl halides is 6. The normalized spacial score (nSPS) is 11.9. The number of carbonyl (C=O) groups is 4. The van der Waals surface area contributed by atoms with Crippen LogP contribution in [0.5, 0.6) is 11.5 Å². The second kappa shape index (κ2) is 25.8. The number of para-hydroxylation sites is 2. The molecule has 6 N–H and O–H groups in total. The first-order chi connectivity index (χ1) is 34.4. The predicted molar refractivity (Wildman–Crippen MR) is 260 cm³/mol. The smallest absolute Gasteiger partial charge is 0.480 e. The fourth-order valence-electron chi connectivity index (χ4n) is 8.22. The Balaban J connectivity index is 0.873. The van der Waals surface area contributed by atoms with Crippen LogP contribution >= 0.6 is 0 Å². The lowest BCUT2D eigenvalue weighted by Crippen LogP contribution is -2.46. The maximum Gasteiger partial charge on any atom is 0.573 e. The van der Waals surface area contributed by atoms with Crippen molar-refractivity contribution in [1.29, 1.82) is 0 Å². The van der Waals surface area contributed by atoms with Crippen LogP contribution in [0.4, 0.5) is 37.7 Å². The van der Waals surface area contributed by atoms with Crippen LogP contribution < -0.4 is 30.7 Å². The SMILES string of the molecule is O=C(O)CN(CCN(CC(=O)O)CC(=O)NCCCCCCNc1c2ccccc2nc2ccc(OC(F)(F)F)cc12)CC(=O)NCCCCCCNc1c2ccccc2nc2ccc(OC(F)(F)F)cc12. The van der Waals surface area contributed by atoms with Gasteiger partial charge >= 0.3 is 24.7 Å². The van der Waals surface area contributed by atoms with Crippen molar-refractivity contribution in [2.75, 3.05) is 76.1 Å². The van der Waals surface area contributed by atoms with Gasteiger partial charge in [-0.25, -0.2) is 9.97 Å². The number of fused-ring (bicyclic) bond motifs is 4. The van der Waals surface area contributed by atoms with E-state index in [0.29, 0.717) is 96.1 Å². The van der Waals surface area contributed by atoms with Crippen molar-refractivity contribution in [2.45, 2.75) is 64.1 Å². The number of aliphatic carboxylic acids is 2. The molecule has 2 amide bonds. The van der Waals surface area contributed by atoms with Gasteiger partial charge in [-0.3, -0.25) is 29.0 Å². The van der Waals surface area contributed by atoms with E-state index in [1.807, 2.05) is 48.5 Å². The minimum atomic E-state index is -4.84. The van der Waals surface area contributed by atoms with Crippen LogP contribution in [-0.4, -0.2) is 132 Å². The number of hydrogen-bond donors (Lipinski definition) is 6. The molecule has 72 heavy (non-hydrogen) atoms. The number of halogens is 6. The van der Waals surface area contributed by atoms with Gasteiger partial charge in [0.05, 0.1) is 59.6 Å². The highest BCUT2D eigenvalue weighted by atomic mass is 19.4. The first-order valence-electron chi connectivity index (χ1n) is 23.5. The van der Waals surface area contributed by atoms with Crippen molar-refractivity contribution >= 4 is 78.7 Å². The van der Waals surface area contributed by atoms with Crippen LogP contribution in [0, 0.1) is 0 Å². The van der Waals surface area contributed by atoms with Crippen LogP contribution in [0.15, 0.2) is 84.9 Å². The number of hydrogen-bond acceptors (Lipinski definition) is 12. The number of amides is 2. The third-order valence-electron chi connectivity index (χ3n) is 11.4. The Kier molecular flexibility index (Phi) is 19.4. The largest absolute Gasteiger partial charge is 0.573 e. The number of anilines is 2. The molecule has 2 heterocycles. The van der Waals surface area contributed by atoms with Gasteiger partial charge in [-0.1, -0.05) is 62.1 Å². The van der Waals surface area contributed by atoms with E-state index in [2.05, 4.69) is 40.7 Å². The fourth-order valence-corrected chi connectivity index (χ4v) is 8.22. The first kappa shape index (κ1) is 54.1. The van der Waals surface area contributed by atoms with Gasteiger partial charge in [-0.15, -0.1) is 26.3 Å². The Morgan fingerprint density at radius 1 is 0.472 bits per heavy atom. The quantitative estimate of drug-likeness (QED) is 0.0148. The maximum atomic E-state index is 13.0. The molecule has 0 radical (unpaired) electrons. The molecule has 386 valence electrons. The lowest BCUT2D eigenvalue weighted by atomic mass is 10.1. The van der Waals surface area contributed by atoms with Gasteiger partial charge in [0, 0.05) is 60.8 Å². The number of rotatable bonds is 29. The Bertz CT molecular complexity index is 2630. The Morgan fingerprint density at radius 3 is 1.21 bits per heavy atom. The van der Waals surface area contributed by atoms with E-state index in [-0.39, 0.29) is 37.7 Å². The summed E-state index contributed by atoms with van der Waals surface area (Å²) >= 11 is 0. The van der Waals surface area contributed by atoms with Crippen LogP contribution in [-0.2, 0) is 19.2 Å². The van der Waals surface area contributed by atoms with Crippen LogP contribution in [0.1, 0.15) is 51.4 Å². The minimum absolute atomic E-state index is 0.00634. The Labute approximate surface area is 410 Å². The number of carboxylic acid groups (broad SMARTS) is 2. The molecular weight excluding hydrogens is 955 g/mol. The van der Waals surface area contributed by atoms with Gasteiger partial charge in [0.15, 0.2) is 0 Å². The van der Waals surface area contributed by atoms with E-state index >= 15 is 0 Å². The maximum absolute atomic E-state index is 13.0. The van der Waals surface area contributed by atoms with Crippen molar-refractivity contribution in [3.63, 3.8) is 0 Å². The number of nitrogens with one attached hydrogen (secondary N) is 4. The van der Waals surface area contributed by atoms with E-state index in [1.165, 1.54) is 46.2 Å². The molecule has 0 spiro atoms. The summed E-state index contributed by atoms with van der Waals surface area (Å²) in [4.78, 5) is 60.9.